The Morgan fingerprint density at radius 3 is 2.48 bits per heavy atom. The first-order valence-corrected chi connectivity index (χ1v) is 9.23. The first kappa shape index (κ1) is 15.0. The number of benzene rings is 2. The second-order valence-corrected chi connectivity index (χ2v) is 8.55. The minimum atomic E-state index is -3.56. The number of nitrogens with zero attached hydrogens (tertiary/aromatic N) is 1. The zero-order valence-corrected chi connectivity index (χ0v) is 14.9. The van der Waals surface area contributed by atoms with Crippen LogP contribution in [0, 0.1) is 0 Å². The lowest BCUT2D eigenvalue weighted by atomic mass is 10.1. The van der Waals surface area contributed by atoms with Crippen LogP contribution < -0.4 is 5.73 Å². The lowest BCUT2D eigenvalue weighted by Crippen LogP contribution is -2.26. The van der Waals surface area contributed by atoms with E-state index < -0.39 is 10.0 Å². The first-order valence-electron chi connectivity index (χ1n) is 6.20. The molecular formula is C14H12Br2N2O2S. The van der Waals surface area contributed by atoms with Crippen molar-refractivity contribution in [1.82, 2.24) is 4.31 Å². The maximum absolute atomic E-state index is 12.8. The number of nitrogen functional groups attached to an aromatic ring is 1. The summed E-state index contributed by atoms with van der Waals surface area (Å²) in [6, 6.07) is 10.6. The van der Waals surface area contributed by atoms with Crippen LogP contribution >= 0.6 is 31.9 Å². The molecule has 0 unspecified atom stereocenters. The van der Waals surface area contributed by atoms with E-state index in [0.717, 1.165) is 15.6 Å². The van der Waals surface area contributed by atoms with E-state index >= 15 is 0 Å². The topological polar surface area (TPSA) is 63.4 Å². The van der Waals surface area contributed by atoms with Crippen molar-refractivity contribution < 1.29 is 8.42 Å². The molecule has 2 aromatic carbocycles. The van der Waals surface area contributed by atoms with Gasteiger partial charge in [0, 0.05) is 27.7 Å². The van der Waals surface area contributed by atoms with Crippen LogP contribution in [0.5, 0.6) is 0 Å². The largest absolute Gasteiger partial charge is 0.399 e. The smallest absolute Gasteiger partial charge is 0.244 e. The summed E-state index contributed by atoms with van der Waals surface area (Å²) >= 11 is 6.63. The molecule has 2 N–H and O–H groups in total. The molecule has 2 aromatic rings. The van der Waals surface area contributed by atoms with Gasteiger partial charge in [-0.25, -0.2) is 8.42 Å². The third kappa shape index (κ3) is 2.75. The quantitative estimate of drug-likeness (QED) is 0.740. The van der Waals surface area contributed by atoms with E-state index in [-0.39, 0.29) is 4.90 Å². The maximum Gasteiger partial charge on any atom is 0.244 e. The molecule has 1 aliphatic heterocycles. The molecule has 0 spiro atoms. The average Bonchev–Trinajstić information content (AvgIpc) is 2.85. The van der Waals surface area contributed by atoms with Gasteiger partial charge in [0.2, 0.25) is 10.0 Å². The first-order chi connectivity index (χ1) is 9.88. The minimum absolute atomic E-state index is 0.262. The Bertz CT molecular complexity index is 822. The van der Waals surface area contributed by atoms with Crippen LogP contribution in [-0.2, 0) is 23.1 Å². The Labute approximate surface area is 140 Å². The molecule has 21 heavy (non-hydrogen) atoms. The van der Waals surface area contributed by atoms with Gasteiger partial charge in [0.05, 0.1) is 4.90 Å². The van der Waals surface area contributed by atoms with Crippen molar-refractivity contribution in [2.45, 2.75) is 18.0 Å². The van der Waals surface area contributed by atoms with Crippen LogP contribution in [0.2, 0.25) is 0 Å². The van der Waals surface area contributed by atoms with Gasteiger partial charge in [0.1, 0.15) is 0 Å². The second-order valence-electron chi connectivity index (χ2n) is 4.88. The molecule has 1 aliphatic rings. The number of hydrogen-bond donors (Lipinski definition) is 1. The number of nitrogens with two attached hydrogens (primary N) is 1. The molecule has 0 atom stereocenters. The average molecular weight is 432 g/mol. The molecule has 7 heteroatoms. The Morgan fingerprint density at radius 2 is 1.71 bits per heavy atom. The van der Waals surface area contributed by atoms with E-state index in [1.807, 2.05) is 12.1 Å². The highest BCUT2D eigenvalue weighted by molar-refractivity contribution is 9.11. The van der Waals surface area contributed by atoms with Crippen molar-refractivity contribution in [2.24, 2.45) is 0 Å². The molecule has 4 nitrogen and oxygen atoms in total. The van der Waals surface area contributed by atoms with Gasteiger partial charge in [-0.05, 0) is 57.4 Å². The van der Waals surface area contributed by atoms with Crippen molar-refractivity contribution in [3.63, 3.8) is 0 Å². The summed E-state index contributed by atoms with van der Waals surface area (Å²) < 4.78 is 28.4. The van der Waals surface area contributed by atoms with E-state index in [1.54, 1.807) is 24.3 Å². The van der Waals surface area contributed by atoms with Crippen LogP contribution in [-0.4, -0.2) is 12.7 Å². The van der Waals surface area contributed by atoms with Crippen molar-refractivity contribution in [1.29, 1.82) is 0 Å². The summed E-state index contributed by atoms with van der Waals surface area (Å²) in [5.74, 6) is 0. The van der Waals surface area contributed by atoms with Gasteiger partial charge >= 0.3 is 0 Å². The number of anilines is 1. The summed E-state index contributed by atoms with van der Waals surface area (Å²) in [6.45, 7) is 0.721. The molecule has 0 aliphatic carbocycles. The molecule has 3 rings (SSSR count). The van der Waals surface area contributed by atoms with Gasteiger partial charge in [-0.1, -0.05) is 22.0 Å². The highest BCUT2D eigenvalue weighted by Crippen LogP contribution is 2.33. The number of halogens is 2. The van der Waals surface area contributed by atoms with E-state index in [1.165, 1.54) is 4.31 Å². The summed E-state index contributed by atoms with van der Waals surface area (Å²) in [5.41, 5.74) is 8.37. The van der Waals surface area contributed by atoms with Crippen LogP contribution in [0.4, 0.5) is 5.69 Å². The number of hydrogen-bond acceptors (Lipinski definition) is 3. The summed E-state index contributed by atoms with van der Waals surface area (Å²) in [6.07, 6.45) is 0. The zero-order valence-electron chi connectivity index (χ0n) is 10.9. The van der Waals surface area contributed by atoms with Crippen molar-refractivity contribution in [2.75, 3.05) is 5.73 Å². The Hall–Kier alpha value is -0.890. The monoisotopic (exact) mass is 430 g/mol. The lowest BCUT2D eigenvalue weighted by molar-refractivity contribution is 0.431. The molecule has 0 radical (unpaired) electrons. The SMILES string of the molecule is Nc1ccc2c(c1)CN(S(=O)(=O)c1cc(Br)ccc1Br)C2. The Morgan fingerprint density at radius 1 is 1.00 bits per heavy atom. The highest BCUT2D eigenvalue weighted by atomic mass is 79.9. The standard InChI is InChI=1S/C14H12Br2N2O2S/c15-11-2-4-13(16)14(6-11)21(19,20)18-7-9-1-3-12(17)5-10(9)8-18/h1-6H,7-8,17H2. The molecule has 0 amide bonds. The van der Waals surface area contributed by atoms with Crippen molar-refractivity contribution >= 4 is 47.6 Å². The van der Waals surface area contributed by atoms with Crippen LogP contribution in [0.1, 0.15) is 11.1 Å². The van der Waals surface area contributed by atoms with E-state index in [4.69, 9.17) is 5.73 Å². The molecule has 0 saturated heterocycles. The van der Waals surface area contributed by atoms with Crippen LogP contribution in [0.15, 0.2) is 50.2 Å². The molecule has 1 heterocycles. The summed E-state index contributed by atoms with van der Waals surface area (Å²) in [7, 11) is -3.56. The molecule has 0 aromatic heterocycles. The van der Waals surface area contributed by atoms with E-state index in [2.05, 4.69) is 31.9 Å². The maximum atomic E-state index is 12.8. The molecule has 0 saturated carbocycles. The van der Waals surface area contributed by atoms with E-state index in [9.17, 15) is 8.42 Å². The van der Waals surface area contributed by atoms with Crippen molar-refractivity contribution in [3.8, 4) is 0 Å². The van der Waals surface area contributed by atoms with Gasteiger partial charge in [-0.3, -0.25) is 0 Å². The van der Waals surface area contributed by atoms with Gasteiger partial charge in [0.15, 0.2) is 0 Å². The van der Waals surface area contributed by atoms with Crippen LogP contribution in [0.25, 0.3) is 0 Å². The van der Waals surface area contributed by atoms with Crippen molar-refractivity contribution in [3.05, 3.63) is 56.5 Å². The predicted octanol–water partition coefficient (Wildman–Crippen LogP) is 3.50. The van der Waals surface area contributed by atoms with Gasteiger partial charge in [-0.2, -0.15) is 4.31 Å². The molecular weight excluding hydrogens is 420 g/mol. The Kier molecular flexibility index (Phi) is 3.85. The highest BCUT2D eigenvalue weighted by Gasteiger charge is 2.32. The van der Waals surface area contributed by atoms with Gasteiger partial charge in [0.25, 0.3) is 0 Å². The number of rotatable bonds is 2. The minimum Gasteiger partial charge on any atom is -0.399 e. The van der Waals surface area contributed by atoms with Crippen LogP contribution in [0.3, 0.4) is 0 Å². The molecule has 110 valence electrons. The van der Waals surface area contributed by atoms with Gasteiger partial charge < -0.3 is 5.73 Å². The molecule has 0 bridgehead atoms. The summed E-state index contributed by atoms with van der Waals surface area (Å²) in [5, 5.41) is 0. The van der Waals surface area contributed by atoms with Gasteiger partial charge in [-0.15, -0.1) is 0 Å². The lowest BCUT2D eigenvalue weighted by Gasteiger charge is -2.17. The fourth-order valence-corrected chi connectivity index (χ4v) is 5.23. The fourth-order valence-electron chi connectivity index (χ4n) is 2.37. The summed E-state index contributed by atoms with van der Waals surface area (Å²) in [4.78, 5) is 0.262. The number of fused-ring (bicyclic) bond motifs is 1. The zero-order chi connectivity index (χ0) is 15.2. The third-order valence-corrected chi connectivity index (χ3v) is 6.71. The normalized spacial score (nSPS) is 15.1. The predicted molar refractivity (Wildman–Crippen MR) is 89.1 cm³/mol. The third-order valence-electron chi connectivity index (χ3n) is 3.43. The molecule has 0 fully saturated rings. The van der Waals surface area contributed by atoms with E-state index in [0.29, 0.717) is 23.2 Å². The number of sulfonamides is 1. The Balaban J connectivity index is 2.00. The fraction of sp³-hybridized carbons (Fsp3) is 0.143. The second kappa shape index (κ2) is 5.39.